The van der Waals surface area contributed by atoms with Crippen molar-refractivity contribution in [1.29, 1.82) is 0 Å². The van der Waals surface area contributed by atoms with Crippen molar-refractivity contribution in [3.63, 3.8) is 0 Å². The molecule has 540 valence electrons. The molecule has 6 nitrogen and oxygen atoms in total. The first-order chi connectivity index (χ1) is 56.3. The Kier molecular flexibility index (Phi) is 19.4. The molecule has 0 bridgehead atoms. The van der Waals surface area contributed by atoms with Gasteiger partial charge in [0.25, 0.3) is 17.7 Å². The van der Waals surface area contributed by atoms with E-state index in [4.69, 9.17) is 0 Å². The summed E-state index contributed by atoms with van der Waals surface area (Å²) < 4.78 is 0. The van der Waals surface area contributed by atoms with Crippen molar-refractivity contribution in [1.82, 2.24) is 0 Å². The van der Waals surface area contributed by atoms with Crippen molar-refractivity contribution < 1.29 is 14.4 Å². The van der Waals surface area contributed by atoms with Crippen molar-refractivity contribution >= 4 is 171 Å². The molecule has 19 aromatic carbocycles. The van der Waals surface area contributed by atoms with Gasteiger partial charge in [-0.05, 0) is 173 Å². The molecule has 0 unspecified atom stereocenters. The normalized spacial score (nSPS) is 11.5. The number of fused-ring (bicyclic) bond motifs is 6. The van der Waals surface area contributed by atoms with Crippen molar-refractivity contribution in [3.05, 3.63) is 435 Å². The zero-order chi connectivity index (χ0) is 76.4. The molecule has 0 spiro atoms. The molecule has 0 saturated carbocycles. The van der Waals surface area contributed by atoms with Crippen molar-refractivity contribution in [3.8, 4) is 33.4 Å². The van der Waals surface area contributed by atoms with Crippen LogP contribution in [0.15, 0.2) is 419 Å². The zero-order valence-corrected chi connectivity index (χ0v) is 64.6. The molecule has 19 aromatic rings. The lowest BCUT2D eigenvalue weighted by Crippen LogP contribution is -2.23. The number of rotatable bonds is 18. The third kappa shape index (κ3) is 13.6. The lowest BCUT2D eigenvalue weighted by atomic mass is 9.92. The summed E-state index contributed by atoms with van der Waals surface area (Å²) in [6.07, 6.45) is 0. The second kappa shape index (κ2) is 31.3. The van der Waals surface area contributed by atoms with E-state index in [1.807, 2.05) is 54.6 Å². The number of carbonyl (C=O) groups excluding carboxylic acids is 3. The second-order valence-corrected chi connectivity index (χ2v) is 34.9. The monoisotopic (exact) mass is 1520 g/mol. The van der Waals surface area contributed by atoms with E-state index >= 15 is 14.4 Å². The standard InChI is InChI=1S/C105H72N3O3P3/c109-103(106-91-61-55-70-31-19-25-49-85(70)97(91)100-88-52-28-22-34-73(88)58-64-94(100)112(79-37-7-1-8-38-79)80-39-9-2-10-40-80)76-67-77(104(110)107-92-62-56-71-32-20-26-50-86(71)98(92)101-89-53-29-23-35-74(89)59-65-95(101)113(81-41-11-3-12-42-81)82-43-13-4-14-44-82)69-78(68-76)105(111)108-93-63-57-72-33-21-27-51-87(72)99(93)102-90-54-30-24-36-75(90)60-66-96(102)114(83-45-15-5-16-46-83)84-47-17-6-18-48-84/h1-69H,(H,106,109)(H,107,110)(H,108,111). The lowest BCUT2D eigenvalue weighted by molar-refractivity contribution is 0.102. The Hall–Kier alpha value is -13.6. The molecular weight excluding hydrogens is 1440 g/mol. The summed E-state index contributed by atoms with van der Waals surface area (Å²) in [7, 11) is -3.57. The summed E-state index contributed by atoms with van der Waals surface area (Å²) >= 11 is 0. The molecule has 9 heteroatoms. The van der Waals surface area contributed by atoms with Gasteiger partial charge < -0.3 is 16.0 Å². The van der Waals surface area contributed by atoms with Gasteiger partial charge in [0.1, 0.15) is 0 Å². The van der Waals surface area contributed by atoms with Crippen LogP contribution in [0.3, 0.4) is 0 Å². The van der Waals surface area contributed by atoms with E-state index < -0.39 is 41.5 Å². The predicted octanol–water partition coefficient (Wildman–Crippen LogP) is 22.6. The van der Waals surface area contributed by atoms with Crippen molar-refractivity contribution in [2.75, 3.05) is 16.0 Å². The van der Waals surface area contributed by atoms with Gasteiger partial charge in [-0.25, -0.2) is 0 Å². The van der Waals surface area contributed by atoms with Crippen LogP contribution in [-0.2, 0) is 0 Å². The molecule has 0 saturated heterocycles. The lowest BCUT2D eigenvalue weighted by Gasteiger charge is -2.26. The average Bonchev–Trinajstić information content (AvgIpc) is 0.748. The van der Waals surface area contributed by atoms with Crippen LogP contribution in [0.4, 0.5) is 17.1 Å². The smallest absolute Gasteiger partial charge is 0.255 e. The molecule has 0 heterocycles. The van der Waals surface area contributed by atoms with Crippen LogP contribution in [0.25, 0.3) is 98.0 Å². The van der Waals surface area contributed by atoms with Crippen LogP contribution in [0.2, 0.25) is 0 Å². The SMILES string of the molecule is O=C(Nc1ccc2ccccc2c1-c1c(P(c2ccccc2)c2ccccc2)ccc2ccccc12)c1cc(C(=O)Nc2ccc3ccccc3c2-c2c(P(c3ccccc3)c3ccccc3)ccc3ccccc23)cc(C(=O)Nc2ccc3ccccc3c2-c2c(P(c3ccccc3)c3ccccc3)ccc3ccccc23)c1. The number of amides is 3. The first-order valence-corrected chi connectivity index (χ1v) is 42.3. The quantitative estimate of drug-likeness (QED) is 0.0748. The third-order valence-corrected chi connectivity index (χ3v) is 29.0. The maximum absolute atomic E-state index is 16.4. The maximum Gasteiger partial charge on any atom is 0.255 e. The molecular formula is C105H72N3O3P3. The number of hydrogen-bond donors (Lipinski definition) is 3. The van der Waals surface area contributed by atoms with E-state index in [2.05, 4.69) is 362 Å². The minimum Gasteiger partial charge on any atom is -0.321 e. The van der Waals surface area contributed by atoms with Crippen LogP contribution < -0.4 is 63.7 Å². The Morgan fingerprint density at radius 3 is 0.561 bits per heavy atom. The van der Waals surface area contributed by atoms with Gasteiger partial charge in [0.05, 0.1) is 0 Å². The zero-order valence-electron chi connectivity index (χ0n) is 61.9. The summed E-state index contributed by atoms with van der Waals surface area (Å²) in [5.74, 6) is -1.56. The van der Waals surface area contributed by atoms with E-state index in [1.165, 1.54) is 31.8 Å². The van der Waals surface area contributed by atoms with Gasteiger partial charge in [0.15, 0.2) is 0 Å². The van der Waals surface area contributed by atoms with Crippen molar-refractivity contribution in [2.24, 2.45) is 0 Å². The van der Waals surface area contributed by atoms with E-state index in [0.717, 1.165) is 114 Å². The van der Waals surface area contributed by atoms with Crippen LogP contribution in [0.5, 0.6) is 0 Å². The van der Waals surface area contributed by atoms with Crippen LogP contribution >= 0.6 is 23.8 Å². The number of nitrogens with one attached hydrogen (secondary N) is 3. The van der Waals surface area contributed by atoms with E-state index in [1.54, 1.807) is 18.2 Å². The van der Waals surface area contributed by atoms with Crippen LogP contribution in [-0.4, -0.2) is 17.7 Å². The molecule has 0 fully saturated rings. The van der Waals surface area contributed by atoms with E-state index in [0.29, 0.717) is 17.1 Å². The van der Waals surface area contributed by atoms with Gasteiger partial charge in [-0.1, -0.05) is 382 Å². The highest BCUT2D eigenvalue weighted by atomic mass is 31.1. The topological polar surface area (TPSA) is 87.3 Å². The Labute approximate surface area is 665 Å². The highest BCUT2D eigenvalue weighted by molar-refractivity contribution is 7.81. The predicted molar refractivity (Wildman–Crippen MR) is 487 cm³/mol. The highest BCUT2D eigenvalue weighted by Gasteiger charge is 2.31. The first-order valence-electron chi connectivity index (χ1n) is 38.2. The van der Waals surface area contributed by atoms with Gasteiger partial charge in [-0.2, -0.15) is 0 Å². The minimum atomic E-state index is -1.19. The molecule has 0 atom stereocenters. The fourth-order valence-electron chi connectivity index (χ4n) is 16.4. The molecule has 0 aliphatic heterocycles. The fourth-order valence-corrected chi connectivity index (χ4v) is 23.8. The molecule has 0 radical (unpaired) electrons. The van der Waals surface area contributed by atoms with E-state index in [-0.39, 0.29) is 16.7 Å². The second-order valence-electron chi connectivity index (χ2n) is 28.4. The molecule has 3 N–H and O–H groups in total. The number of benzene rings is 19. The van der Waals surface area contributed by atoms with Gasteiger partial charge >= 0.3 is 0 Å². The van der Waals surface area contributed by atoms with Gasteiger partial charge in [0.2, 0.25) is 0 Å². The largest absolute Gasteiger partial charge is 0.321 e. The maximum atomic E-state index is 16.4. The highest BCUT2D eigenvalue weighted by Crippen LogP contribution is 2.50. The summed E-state index contributed by atoms with van der Waals surface area (Å²) in [6.45, 7) is 0. The van der Waals surface area contributed by atoms with Crippen LogP contribution in [0.1, 0.15) is 31.1 Å². The van der Waals surface area contributed by atoms with E-state index in [9.17, 15) is 0 Å². The number of carbonyl (C=O) groups is 3. The molecule has 114 heavy (non-hydrogen) atoms. The van der Waals surface area contributed by atoms with Crippen molar-refractivity contribution in [2.45, 2.75) is 0 Å². The van der Waals surface area contributed by atoms with Crippen LogP contribution in [0, 0.1) is 0 Å². The third-order valence-electron chi connectivity index (χ3n) is 21.5. The Morgan fingerprint density at radius 2 is 0.351 bits per heavy atom. The molecule has 0 aliphatic carbocycles. The Morgan fingerprint density at radius 1 is 0.175 bits per heavy atom. The van der Waals surface area contributed by atoms with Gasteiger partial charge in [0, 0.05) is 67.1 Å². The number of hydrogen-bond acceptors (Lipinski definition) is 3. The summed E-state index contributed by atoms with van der Waals surface area (Å²) in [5, 5.41) is 32.9. The Bertz CT molecular complexity index is 6120. The minimum absolute atomic E-state index is 0.0961. The summed E-state index contributed by atoms with van der Waals surface area (Å²) in [5.41, 5.74) is 7.49. The molecule has 0 aromatic heterocycles. The summed E-state index contributed by atoms with van der Waals surface area (Å²) in [6, 6.07) is 145. The summed E-state index contributed by atoms with van der Waals surface area (Å²) in [4.78, 5) is 49.3. The first kappa shape index (κ1) is 70.8. The molecule has 3 amide bonds. The van der Waals surface area contributed by atoms with Gasteiger partial charge in [-0.15, -0.1) is 0 Å². The van der Waals surface area contributed by atoms with Gasteiger partial charge in [-0.3, -0.25) is 14.4 Å². The molecule has 0 aliphatic rings. The molecule has 19 rings (SSSR count). The average molecular weight is 1520 g/mol. The fraction of sp³-hybridized carbons (Fsp3) is 0. The number of anilines is 3. The Balaban J connectivity index is 0.800.